The molecule has 4 aromatic rings. The van der Waals surface area contributed by atoms with E-state index in [1.807, 2.05) is 80.6 Å². The van der Waals surface area contributed by atoms with E-state index in [1.165, 1.54) is 5.56 Å². The molecule has 0 radical (unpaired) electrons. The van der Waals surface area contributed by atoms with E-state index in [1.54, 1.807) is 0 Å². The molecule has 5 nitrogen and oxygen atoms in total. The molecule has 0 spiro atoms. The molecule has 0 bridgehead atoms. The Kier molecular flexibility index (Phi) is 7.76. The van der Waals surface area contributed by atoms with Crippen molar-refractivity contribution in [3.8, 4) is 11.4 Å². The number of nitrogens with zero attached hydrogens (tertiary/aromatic N) is 3. The van der Waals surface area contributed by atoms with Crippen molar-refractivity contribution < 1.29 is 4.79 Å². The minimum absolute atomic E-state index is 0.0319. The fourth-order valence-electron chi connectivity index (χ4n) is 3.93. The Balaban J connectivity index is 1.73. The molecule has 0 unspecified atom stereocenters. The first-order valence-corrected chi connectivity index (χ1v) is 12.0. The number of carbonyl (C=O) groups is 1. The van der Waals surface area contributed by atoms with Crippen molar-refractivity contribution >= 4 is 34.2 Å². The van der Waals surface area contributed by atoms with Gasteiger partial charge in [0, 0.05) is 36.5 Å². The lowest BCUT2D eigenvalue weighted by Gasteiger charge is -2.26. The van der Waals surface area contributed by atoms with Gasteiger partial charge in [-0.25, -0.2) is 9.97 Å². The van der Waals surface area contributed by atoms with Crippen LogP contribution in [0.5, 0.6) is 0 Å². The number of carbonyl (C=O) groups excluding carboxylic acids is 1. The smallest absolute Gasteiger partial charge is 0.221 e. The molecule has 0 atom stereocenters. The average Bonchev–Trinajstić information content (AvgIpc) is 2.84. The summed E-state index contributed by atoms with van der Waals surface area (Å²) < 4.78 is 0. The molecule has 1 aromatic heterocycles. The van der Waals surface area contributed by atoms with Gasteiger partial charge in [-0.2, -0.15) is 0 Å². The molecule has 4 rings (SSSR count). The molecule has 0 aliphatic heterocycles. The maximum absolute atomic E-state index is 12.5. The van der Waals surface area contributed by atoms with Crippen molar-refractivity contribution in [2.45, 2.75) is 32.7 Å². The van der Waals surface area contributed by atoms with E-state index < -0.39 is 0 Å². The summed E-state index contributed by atoms with van der Waals surface area (Å²) in [6.45, 7) is 5.22. The topological polar surface area (TPSA) is 58.1 Å². The quantitative estimate of drug-likeness (QED) is 0.329. The lowest BCUT2D eigenvalue weighted by atomic mass is 10.1. The molecule has 1 amide bonds. The second-order valence-corrected chi connectivity index (χ2v) is 8.97. The van der Waals surface area contributed by atoms with Crippen molar-refractivity contribution in [1.29, 1.82) is 0 Å². The first-order valence-electron chi connectivity index (χ1n) is 11.6. The van der Waals surface area contributed by atoms with Crippen LogP contribution in [-0.4, -0.2) is 35.0 Å². The first-order chi connectivity index (χ1) is 16.5. The Morgan fingerprint density at radius 2 is 1.62 bits per heavy atom. The molecular formula is C28H29ClN4O. The number of para-hydroxylation sites is 1. The van der Waals surface area contributed by atoms with Gasteiger partial charge in [0.25, 0.3) is 0 Å². The Morgan fingerprint density at radius 1 is 0.912 bits per heavy atom. The Hall–Kier alpha value is -3.44. The highest BCUT2D eigenvalue weighted by atomic mass is 35.5. The maximum atomic E-state index is 12.5. The second kappa shape index (κ2) is 11.1. The van der Waals surface area contributed by atoms with Crippen LogP contribution in [0.4, 0.5) is 5.82 Å². The number of nitrogens with one attached hydrogen (secondary N) is 1. The number of amides is 1. The van der Waals surface area contributed by atoms with Gasteiger partial charge >= 0.3 is 0 Å². The Labute approximate surface area is 205 Å². The lowest BCUT2D eigenvalue weighted by Crippen LogP contribution is -2.35. The summed E-state index contributed by atoms with van der Waals surface area (Å²) >= 11 is 6.49. The Morgan fingerprint density at radius 3 is 2.38 bits per heavy atom. The van der Waals surface area contributed by atoms with Crippen LogP contribution in [0.1, 0.15) is 25.8 Å². The molecule has 34 heavy (non-hydrogen) atoms. The number of benzene rings is 3. The van der Waals surface area contributed by atoms with Gasteiger partial charge in [0.1, 0.15) is 5.82 Å². The van der Waals surface area contributed by atoms with Crippen LogP contribution < -0.4 is 10.2 Å². The summed E-state index contributed by atoms with van der Waals surface area (Å²) in [7, 11) is 0. The normalized spacial score (nSPS) is 11.1. The van der Waals surface area contributed by atoms with Crippen LogP contribution in [0.2, 0.25) is 5.02 Å². The van der Waals surface area contributed by atoms with E-state index >= 15 is 0 Å². The molecule has 1 N–H and O–H groups in total. The molecule has 0 aliphatic rings. The Bertz CT molecular complexity index is 1260. The molecule has 0 aliphatic carbocycles. The van der Waals surface area contributed by atoms with Crippen LogP contribution in [0, 0.1) is 0 Å². The van der Waals surface area contributed by atoms with Gasteiger partial charge in [-0.15, -0.1) is 0 Å². The zero-order chi connectivity index (χ0) is 23.9. The van der Waals surface area contributed by atoms with Crippen molar-refractivity contribution in [3.63, 3.8) is 0 Å². The highest BCUT2D eigenvalue weighted by Crippen LogP contribution is 2.31. The van der Waals surface area contributed by atoms with Gasteiger partial charge in [0.05, 0.1) is 10.5 Å². The number of hydrogen-bond acceptors (Lipinski definition) is 4. The lowest BCUT2D eigenvalue weighted by molar-refractivity contribution is -0.121. The predicted molar refractivity (Wildman–Crippen MR) is 140 cm³/mol. The summed E-state index contributed by atoms with van der Waals surface area (Å²) in [6.07, 6.45) is 1.22. The van der Waals surface area contributed by atoms with Crippen LogP contribution in [0.3, 0.4) is 0 Å². The number of halogens is 1. The summed E-state index contributed by atoms with van der Waals surface area (Å²) in [5.74, 6) is 1.42. The molecule has 0 fully saturated rings. The number of aromatic nitrogens is 2. The van der Waals surface area contributed by atoms with Gasteiger partial charge < -0.3 is 10.2 Å². The number of rotatable bonds is 9. The van der Waals surface area contributed by atoms with E-state index in [0.29, 0.717) is 23.8 Å². The van der Waals surface area contributed by atoms with E-state index in [2.05, 4.69) is 22.3 Å². The molecule has 3 aromatic carbocycles. The third-order valence-electron chi connectivity index (χ3n) is 5.57. The van der Waals surface area contributed by atoms with E-state index in [0.717, 1.165) is 35.2 Å². The van der Waals surface area contributed by atoms with Crippen LogP contribution in [0.15, 0.2) is 78.9 Å². The third kappa shape index (κ3) is 5.91. The first kappa shape index (κ1) is 23.7. The second-order valence-electron chi connectivity index (χ2n) is 8.56. The standard InChI is InChI=1S/C28H29ClN4O/c1-20(2)30-26(34)17-19-33(18-16-21-10-4-3-5-11-21)28-23-13-7-9-15-25(23)31-27(32-28)22-12-6-8-14-24(22)29/h3-15,20H,16-19H2,1-2H3,(H,30,34). The molecule has 0 saturated carbocycles. The van der Waals surface area contributed by atoms with E-state index in [4.69, 9.17) is 21.6 Å². The van der Waals surface area contributed by atoms with Crippen LogP contribution in [-0.2, 0) is 11.2 Å². The summed E-state index contributed by atoms with van der Waals surface area (Å²) in [6, 6.07) is 26.1. The van der Waals surface area contributed by atoms with E-state index in [-0.39, 0.29) is 11.9 Å². The van der Waals surface area contributed by atoms with Crippen molar-refractivity contribution in [2.24, 2.45) is 0 Å². The zero-order valence-electron chi connectivity index (χ0n) is 19.5. The molecule has 1 heterocycles. The molecule has 174 valence electrons. The van der Waals surface area contributed by atoms with E-state index in [9.17, 15) is 4.79 Å². The fourth-order valence-corrected chi connectivity index (χ4v) is 4.15. The highest BCUT2D eigenvalue weighted by Gasteiger charge is 2.18. The monoisotopic (exact) mass is 472 g/mol. The minimum atomic E-state index is 0.0319. The summed E-state index contributed by atoms with van der Waals surface area (Å²) in [5.41, 5.74) is 2.87. The number of anilines is 1. The van der Waals surface area contributed by atoms with Gasteiger partial charge in [-0.05, 0) is 50.1 Å². The third-order valence-corrected chi connectivity index (χ3v) is 5.90. The predicted octanol–water partition coefficient (Wildman–Crippen LogP) is 5.91. The average molecular weight is 473 g/mol. The van der Waals surface area contributed by atoms with Crippen LogP contribution in [0.25, 0.3) is 22.3 Å². The number of hydrogen-bond donors (Lipinski definition) is 1. The largest absolute Gasteiger partial charge is 0.355 e. The minimum Gasteiger partial charge on any atom is -0.355 e. The summed E-state index contributed by atoms with van der Waals surface area (Å²) in [5, 5.41) is 4.55. The summed E-state index contributed by atoms with van der Waals surface area (Å²) in [4.78, 5) is 24.4. The van der Waals surface area contributed by atoms with Gasteiger partial charge in [0.15, 0.2) is 5.82 Å². The van der Waals surface area contributed by atoms with Crippen molar-refractivity contribution in [3.05, 3.63) is 89.4 Å². The zero-order valence-corrected chi connectivity index (χ0v) is 20.3. The fraction of sp³-hybridized carbons (Fsp3) is 0.250. The maximum Gasteiger partial charge on any atom is 0.221 e. The molecule has 0 saturated heterocycles. The highest BCUT2D eigenvalue weighted by molar-refractivity contribution is 6.33. The van der Waals surface area contributed by atoms with Gasteiger partial charge in [-0.3, -0.25) is 4.79 Å². The van der Waals surface area contributed by atoms with Crippen molar-refractivity contribution in [2.75, 3.05) is 18.0 Å². The molecule has 6 heteroatoms. The van der Waals surface area contributed by atoms with Gasteiger partial charge in [0.2, 0.25) is 5.91 Å². The van der Waals surface area contributed by atoms with Gasteiger partial charge in [-0.1, -0.05) is 66.2 Å². The van der Waals surface area contributed by atoms with Crippen molar-refractivity contribution in [1.82, 2.24) is 15.3 Å². The molecular weight excluding hydrogens is 444 g/mol. The van der Waals surface area contributed by atoms with Crippen LogP contribution >= 0.6 is 11.6 Å². The number of fused-ring (bicyclic) bond motifs is 1. The SMILES string of the molecule is CC(C)NC(=O)CCN(CCc1ccccc1)c1nc(-c2ccccc2Cl)nc2ccccc12.